The Morgan fingerprint density at radius 3 is 2.39 bits per heavy atom. The molecule has 23 heavy (non-hydrogen) atoms. The average molecular weight is 320 g/mol. The fourth-order valence-electron chi connectivity index (χ4n) is 1.95. The number of allylic oxidation sites excluding steroid dienone is 1. The van der Waals surface area contributed by atoms with Crippen LogP contribution in [0.15, 0.2) is 42.5 Å². The molecule has 0 heterocycles. The fourth-order valence-corrected chi connectivity index (χ4v) is 1.95. The van der Waals surface area contributed by atoms with Crippen LogP contribution in [-0.2, 0) is 20.9 Å². The highest BCUT2D eigenvalue weighted by molar-refractivity contribution is 5.94. The predicted octanol–water partition coefficient (Wildman–Crippen LogP) is 3.26. The van der Waals surface area contributed by atoms with E-state index in [0.717, 1.165) is 5.56 Å². The lowest BCUT2D eigenvalue weighted by molar-refractivity contribution is -0.120. The Balaban J connectivity index is 2.52. The lowest BCUT2D eigenvalue weighted by Gasteiger charge is -2.29. The fraction of sp³-hybridized carbons (Fsp3) is 0.444. The summed E-state index contributed by atoms with van der Waals surface area (Å²) in [7, 11) is 0. The predicted molar refractivity (Wildman–Crippen MR) is 86.8 cm³/mol. The average Bonchev–Trinajstić information content (AvgIpc) is 2.57. The Labute approximate surface area is 136 Å². The molecule has 1 N–H and O–H groups in total. The molecular weight excluding hydrogens is 296 g/mol. The molecule has 0 fully saturated rings. The summed E-state index contributed by atoms with van der Waals surface area (Å²) >= 11 is 0. The van der Waals surface area contributed by atoms with Crippen molar-refractivity contribution in [2.45, 2.75) is 33.3 Å². The van der Waals surface area contributed by atoms with Gasteiger partial charge >= 0.3 is 6.16 Å². The minimum atomic E-state index is -0.817. The maximum Gasteiger partial charge on any atom is 0.508 e. The van der Waals surface area contributed by atoms with Crippen molar-refractivity contribution < 1.29 is 24.2 Å². The highest BCUT2D eigenvalue weighted by atomic mass is 16.7. The van der Waals surface area contributed by atoms with Crippen LogP contribution in [0, 0.1) is 5.41 Å². The molecule has 0 aliphatic carbocycles. The highest BCUT2D eigenvalue weighted by Crippen LogP contribution is 2.28. The largest absolute Gasteiger partial charge is 0.508 e. The standard InChI is InChI=1S/C18H24O5/c1-4-18(12-19,10-16(20)14(2)3)13-23-17(21)22-11-15-8-6-5-7-9-15/h5-9,19H,2,4,10-13H2,1,3H3. The number of aliphatic hydroxyl groups is 1. The summed E-state index contributed by atoms with van der Waals surface area (Å²) in [6.45, 7) is 6.84. The van der Waals surface area contributed by atoms with E-state index in [1.807, 2.05) is 37.3 Å². The molecule has 0 saturated carbocycles. The first-order valence-corrected chi connectivity index (χ1v) is 7.55. The Bertz CT molecular complexity index is 532. The first-order valence-electron chi connectivity index (χ1n) is 7.55. The lowest BCUT2D eigenvalue weighted by atomic mass is 9.81. The summed E-state index contributed by atoms with van der Waals surface area (Å²) < 4.78 is 10.1. The number of benzene rings is 1. The Morgan fingerprint density at radius 1 is 1.22 bits per heavy atom. The van der Waals surface area contributed by atoms with Crippen molar-refractivity contribution in [3.05, 3.63) is 48.0 Å². The van der Waals surface area contributed by atoms with Crippen LogP contribution in [0.2, 0.25) is 0 Å². The minimum absolute atomic E-state index is 0.0767. The third-order valence-corrected chi connectivity index (χ3v) is 3.79. The summed E-state index contributed by atoms with van der Waals surface area (Å²) in [6, 6.07) is 9.24. The van der Waals surface area contributed by atoms with E-state index >= 15 is 0 Å². The van der Waals surface area contributed by atoms with E-state index in [0.29, 0.717) is 12.0 Å². The molecule has 1 rings (SSSR count). The molecule has 1 atom stereocenters. The van der Waals surface area contributed by atoms with Gasteiger partial charge in [0.1, 0.15) is 13.2 Å². The van der Waals surface area contributed by atoms with Gasteiger partial charge in [-0.05, 0) is 24.5 Å². The van der Waals surface area contributed by atoms with Crippen molar-refractivity contribution in [1.82, 2.24) is 0 Å². The topological polar surface area (TPSA) is 72.8 Å². The van der Waals surface area contributed by atoms with Gasteiger partial charge in [0, 0.05) is 11.8 Å². The SMILES string of the molecule is C=C(C)C(=O)CC(CC)(CO)COC(=O)OCc1ccccc1. The zero-order valence-electron chi connectivity index (χ0n) is 13.7. The quantitative estimate of drug-likeness (QED) is 0.558. The van der Waals surface area contributed by atoms with Crippen molar-refractivity contribution in [2.24, 2.45) is 5.41 Å². The summed E-state index contributed by atoms with van der Waals surface area (Å²) in [4.78, 5) is 23.5. The second-order valence-corrected chi connectivity index (χ2v) is 5.70. The maximum absolute atomic E-state index is 11.8. The number of hydrogen-bond donors (Lipinski definition) is 1. The van der Waals surface area contributed by atoms with Crippen molar-refractivity contribution in [2.75, 3.05) is 13.2 Å². The molecule has 1 unspecified atom stereocenters. The highest BCUT2D eigenvalue weighted by Gasteiger charge is 2.32. The molecule has 1 aromatic carbocycles. The number of hydrogen-bond acceptors (Lipinski definition) is 5. The van der Waals surface area contributed by atoms with Gasteiger partial charge in [-0.3, -0.25) is 4.79 Å². The normalized spacial score (nSPS) is 13.0. The molecule has 0 aromatic heterocycles. The van der Waals surface area contributed by atoms with E-state index in [4.69, 9.17) is 9.47 Å². The van der Waals surface area contributed by atoms with Gasteiger partial charge in [0.15, 0.2) is 5.78 Å². The third-order valence-electron chi connectivity index (χ3n) is 3.79. The molecule has 0 amide bonds. The van der Waals surface area contributed by atoms with Gasteiger partial charge in [-0.2, -0.15) is 0 Å². The number of aliphatic hydroxyl groups excluding tert-OH is 1. The molecule has 0 radical (unpaired) electrons. The third kappa shape index (κ3) is 6.24. The van der Waals surface area contributed by atoms with Gasteiger partial charge in [0.25, 0.3) is 0 Å². The monoisotopic (exact) mass is 320 g/mol. The molecule has 126 valence electrons. The van der Waals surface area contributed by atoms with Crippen LogP contribution in [0.5, 0.6) is 0 Å². The van der Waals surface area contributed by atoms with E-state index < -0.39 is 11.6 Å². The molecule has 1 aromatic rings. The number of ether oxygens (including phenoxy) is 2. The van der Waals surface area contributed by atoms with E-state index in [2.05, 4.69) is 6.58 Å². The van der Waals surface area contributed by atoms with E-state index in [9.17, 15) is 14.7 Å². The molecular formula is C18H24O5. The Hall–Kier alpha value is -2.14. The van der Waals surface area contributed by atoms with Crippen LogP contribution in [0.4, 0.5) is 4.79 Å². The number of rotatable bonds is 9. The van der Waals surface area contributed by atoms with Gasteiger partial charge in [-0.15, -0.1) is 0 Å². The van der Waals surface area contributed by atoms with Crippen LogP contribution < -0.4 is 0 Å². The smallest absolute Gasteiger partial charge is 0.434 e. The van der Waals surface area contributed by atoms with E-state index in [-0.39, 0.29) is 32.0 Å². The van der Waals surface area contributed by atoms with Gasteiger partial charge in [0.05, 0.1) is 6.61 Å². The molecule has 0 aliphatic heterocycles. The van der Waals surface area contributed by atoms with Crippen LogP contribution in [0.25, 0.3) is 0 Å². The summed E-state index contributed by atoms with van der Waals surface area (Å²) in [5, 5.41) is 9.61. The van der Waals surface area contributed by atoms with Gasteiger partial charge < -0.3 is 14.6 Å². The molecule has 5 nitrogen and oxygen atoms in total. The zero-order valence-corrected chi connectivity index (χ0v) is 13.7. The van der Waals surface area contributed by atoms with E-state index in [1.165, 1.54) is 0 Å². The second-order valence-electron chi connectivity index (χ2n) is 5.70. The first-order chi connectivity index (χ1) is 10.9. The minimum Gasteiger partial charge on any atom is -0.434 e. The molecule has 0 bridgehead atoms. The molecule has 0 saturated heterocycles. The summed E-state index contributed by atoms with van der Waals surface area (Å²) in [5.74, 6) is -0.151. The molecule has 0 aliphatic rings. The van der Waals surface area contributed by atoms with Crippen molar-refractivity contribution in [3.63, 3.8) is 0 Å². The second kappa shape index (κ2) is 9.10. The number of carbonyl (C=O) groups is 2. The Morgan fingerprint density at radius 2 is 1.87 bits per heavy atom. The van der Waals surface area contributed by atoms with Crippen molar-refractivity contribution in [1.29, 1.82) is 0 Å². The molecule has 5 heteroatoms. The number of carbonyl (C=O) groups excluding carboxylic acids is 2. The van der Waals surface area contributed by atoms with Gasteiger partial charge in [-0.1, -0.05) is 43.8 Å². The molecule has 0 spiro atoms. The zero-order chi connectivity index (χ0) is 17.3. The van der Waals surface area contributed by atoms with E-state index in [1.54, 1.807) is 6.92 Å². The summed E-state index contributed by atoms with van der Waals surface area (Å²) in [6.07, 6.45) is -0.238. The number of ketones is 1. The number of Topliss-reactive ketones (excluding diaryl/α,β-unsaturated/α-hetero) is 1. The van der Waals surface area contributed by atoms with Crippen molar-refractivity contribution in [3.8, 4) is 0 Å². The van der Waals surface area contributed by atoms with Gasteiger partial charge in [0.2, 0.25) is 0 Å². The lowest BCUT2D eigenvalue weighted by Crippen LogP contribution is -2.34. The summed E-state index contributed by atoms with van der Waals surface area (Å²) in [5.41, 5.74) is 0.468. The maximum atomic E-state index is 11.8. The van der Waals surface area contributed by atoms with Gasteiger partial charge in [-0.25, -0.2) is 4.79 Å². The van der Waals surface area contributed by atoms with Crippen LogP contribution in [0.3, 0.4) is 0 Å². The first kappa shape index (κ1) is 18.9. The van der Waals surface area contributed by atoms with Crippen LogP contribution >= 0.6 is 0 Å². The van der Waals surface area contributed by atoms with Crippen LogP contribution in [0.1, 0.15) is 32.3 Å². The van der Waals surface area contributed by atoms with Crippen LogP contribution in [-0.4, -0.2) is 30.3 Å². The van der Waals surface area contributed by atoms with Crippen molar-refractivity contribution >= 4 is 11.9 Å². The Kier molecular flexibility index (Phi) is 7.48.